The van der Waals surface area contributed by atoms with Gasteiger partial charge in [0.2, 0.25) is 10.0 Å². The summed E-state index contributed by atoms with van der Waals surface area (Å²) in [7, 11) is -3.63. The van der Waals surface area contributed by atoms with Gasteiger partial charge in [-0.2, -0.15) is 4.31 Å². The number of hydrogen-bond donors (Lipinski definition) is 1. The molecule has 4 rings (SSSR count). The van der Waals surface area contributed by atoms with Gasteiger partial charge in [-0.25, -0.2) is 8.42 Å². The van der Waals surface area contributed by atoms with Gasteiger partial charge in [0.15, 0.2) is 0 Å². The Kier molecular flexibility index (Phi) is 5.88. The van der Waals surface area contributed by atoms with E-state index in [-0.39, 0.29) is 10.8 Å². The molecular formula is C24H26N2O3S. The van der Waals surface area contributed by atoms with Crippen LogP contribution in [0.5, 0.6) is 0 Å². The zero-order chi connectivity index (χ0) is 21.1. The number of carbonyl (C=O) groups excluding carboxylic acids is 1. The van der Waals surface area contributed by atoms with E-state index in [4.69, 9.17) is 0 Å². The van der Waals surface area contributed by atoms with Crippen molar-refractivity contribution < 1.29 is 13.2 Å². The van der Waals surface area contributed by atoms with Gasteiger partial charge in [0.05, 0.1) is 4.90 Å². The van der Waals surface area contributed by atoms with Crippen LogP contribution in [-0.4, -0.2) is 31.7 Å². The van der Waals surface area contributed by atoms with E-state index in [9.17, 15) is 13.2 Å². The SMILES string of the molecule is Cc1ccc(C(=O)Nc2cccc3ccccc23)cc1S(=O)(=O)N1CCCCCC1. The Balaban J connectivity index is 1.64. The molecule has 0 bridgehead atoms. The van der Waals surface area contributed by atoms with Gasteiger partial charge < -0.3 is 5.32 Å². The standard InChI is InChI=1S/C24H26N2O3S/c1-18-13-14-20(17-23(18)30(28,29)26-15-6-2-3-7-16-26)24(27)25-22-12-8-10-19-9-4-5-11-21(19)22/h4-5,8-14,17H,2-3,6-7,15-16H2,1H3,(H,25,27). The Bertz CT molecular complexity index is 1170. The van der Waals surface area contributed by atoms with Crippen LogP contribution < -0.4 is 5.32 Å². The van der Waals surface area contributed by atoms with Crippen LogP contribution in [0.2, 0.25) is 0 Å². The number of nitrogens with one attached hydrogen (secondary N) is 1. The predicted octanol–water partition coefficient (Wildman–Crippen LogP) is 4.97. The summed E-state index contributed by atoms with van der Waals surface area (Å²) >= 11 is 0. The molecule has 1 aliphatic rings. The Morgan fingerprint density at radius 2 is 1.60 bits per heavy atom. The van der Waals surface area contributed by atoms with Crippen molar-refractivity contribution in [1.29, 1.82) is 0 Å². The summed E-state index contributed by atoms with van der Waals surface area (Å²) in [6.07, 6.45) is 3.86. The summed E-state index contributed by atoms with van der Waals surface area (Å²) in [5, 5.41) is 4.92. The summed E-state index contributed by atoms with van der Waals surface area (Å²) in [6.45, 7) is 2.85. The molecule has 5 nitrogen and oxygen atoms in total. The van der Waals surface area contributed by atoms with E-state index in [1.165, 1.54) is 6.07 Å². The van der Waals surface area contributed by atoms with Crippen molar-refractivity contribution in [1.82, 2.24) is 4.31 Å². The molecule has 3 aromatic carbocycles. The second kappa shape index (κ2) is 8.58. The number of anilines is 1. The predicted molar refractivity (Wildman–Crippen MR) is 120 cm³/mol. The number of hydrogen-bond acceptors (Lipinski definition) is 3. The quantitative estimate of drug-likeness (QED) is 0.646. The fraction of sp³-hybridized carbons (Fsp3) is 0.292. The summed E-state index contributed by atoms with van der Waals surface area (Å²) < 4.78 is 28.1. The number of aryl methyl sites for hydroxylation is 1. The normalized spacial score (nSPS) is 15.6. The van der Waals surface area contributed by atoms with E-state index < -0.39 is 10.0 Å². The zero-order valence-electron chi connectivity index (χ0n) is 17.1. The fourth-order valence-electron chi connectivity index (χ4n) is 3.97. The summed E-state index contributed by atoms with van der Waals surface area (Å²) in [5.74, 6) is -0.321. The van der Waals surface area contributed by atoms with E-state index in [0.717, 1.165) is 36.5 Å². The van der Waals surface area contributed by atoms with Crippen LogP contribution in [0.25, 0.3) is 10.8 Å². The second-order valence-electron chi connectivity index (χ2n) is 7.78. The highest BCUT2D eigenvalue weighted by atomic mass is 32.2. The van der Waals surface area contributed by atoms with E-state index in [1.807, 2.05) is 42.5 Å². The minimum absolute atomic E-state index is 0.218. The highest BCUT2D eigenvalue weighted by Crippen LogP contribution is 2.26. The van der Waals surface area contributed by atoms with Crippen molar-refractivity contribution in [2.45, 2.75) is 37.5 Å². The largest absolute Gasteiger partial charge is 0.321 e. The molecule has 0 saturated carbocycles. The third-order valence-electron chi connectivity index (χ3n) is 5.67. The van der Waals surface area contributed by atoms with Crippen molar-refractivity contribution >= 4 is 32.4 Å². The third kappa shape index (κ3) is 4.11. The van der Waals surface area contributed by atoms with Gasteiger partial charge in [-0.15, -0.1) is 0 Å². The molecule has 3 aromatic rings. The maximum atomic E-state index is 13.3. The summed E-state index contributed by atoms with van der Waals surface area (Å²) in [6, 6.07) is 18.5. The van der Waals surface area contributed by atoms with Crippen molar-refractivity contribution in [3.8, 4) is 0 Å². The van der Waals surface area contributed by atoms with Gasteiger partial charge in [0, 0.05) is 29.7 Å². The second-order valence-corrected chi connectivity index (χ2v) is 9.69. The molecule has 1 heterocycles. The van der Waals surface area contributed by atoms with Gasteiger partial charge in [-0.1, -0.05) is 55.3 Å². The van der Waals surface area contributed by atoms with Gasteiger partial charge >= 0.3 is 0 Å². The maximum absolute atomic E-state index is 13.3. The lowest BCUT2D eigenvalue weighted by atomic mass is 10.1. The number of amides is 1. The highest BCUT2D eigenvalue weighted by molar-refractivity contribution is 7.89. The van der Waals surface area contributed by atoms with Crippen LogP contribution in [0.1, 0.15) is 41.6 Å². The Morgan fingerprint density at radius 3 is 2.37 bits per heavy atom. The van der Waals surface area contributed by atoms with Crippen LogP contribution >= 0.6 is 0 Å². The average molecular weight is 423 g/mol. The number of nitrogens with zero attached hydrogens (tertiary/aromatic N) is 1. The molecular weight excluding hydrogens is 396 g/mol. The molecule has 6 heteroatoms. The first kappa shape index (κ1) is 20.6. The molecule has 0 spiro atoms. The molecule has 30 heavy (non-hydrogen) atoms. The molecule has 0 aliphatic carbocycles. The van der Waals surface area contributed by atoms with Crippen molar-refractivity contribution in [3.05, 3.63) is 71.8 Å². The summed E-state index contributed by atoms with van der Waals surface area (Å²) in [5.41, 5.74) is 1.69. The maximum Gasteiger partial charge on any atom is 0.255 e. The Labute approximate surface area is 177 Å². The topological polar surface area (TPSA) is 66.5 Å². The molecule has 1 amide bonds. The van der Waals surface area contributed by atoms with Crippen LogP contribution in [0.4, 0.5) is 5.69 Å². The molecule has 0 radical (unpaired) electrons. The number of benzene rings is 3. The Morgan fingerprint density at radius 1 is 0.900 bits per heavy atom. The minimum atomic E-state index is -3.63. The fourth-order valence-corrected chi connectivity index (χ4v) is 5.74. The van der Waals surface area contributed by atoms with Crippen molar-refractivity contribution in [2.75, 3.05) is 18.4 Å². The highest BCUT2D eigenvalue weighted by Gasteiger charge is 2.27. The van der Waals surface area contributed by atoms with E-state index in [1.54, 1.807) is 23.4 Å². The lowest BCUT2D eigenvalue weighted by molar-refractivity contribution is 0.102. The summed E-state index contributed by atoms with van der Waals surface area (Å²) in [4.78, 5) is 13.2. The molecule has 1 fully saturated rings. The average Bonchev–Trinajstić information content (AvgIpc) is 3.04. The van der Waals surface area contributed by atoms with Crippen LogP contribution in [-0.2, 0) is 10.0 Å². The first-order valence-corrected chi connectivity index (χ1v) is 11.8. The third-order valence-corrected chi connectivity index (χ3v) is 7.71. The van der Waals surface area contributed by atoms with E-state index >= 15 is 0 Å². The van der Waals surface area contributed by atoms with Crippen molar-refractivity contribution in [3.63, 3.8) is 0 Å². The number of carbonyl (C=O) groups is 1. The molecule has 0 atom stereocenters. The van der Waals surface area contributed by atoms with Gasteiger partial charge in [-0.3, -0.25) is 4.79 Å². The Hall–Kier alpha value is -2.70. The van der Waals surface area contributed by atoms with Crippen LogP contribution in [0.15, 0.2) is 65.6 Å². The molecule has 1 saturated heterocycles. The van der Waals surface area contributed by atoms with Gasteiger partial charge in [0.25, 0.3) is 5.91 Å². The van der Waals surface area contributed by atoms with E-state index in [2.05, 4.69) is 5.32 Å². The molecule has 0 aromatic heterocycles. The number of sulfonamides is 1. The lowest BCUT2D eigenvalue weighted by Crippen LogP contribution is -2.32. The van der Waals surface area contributed by atoms with Gasteiger partial charge in [-0.05, 0) is 48.9 Å². The molecule has 1 aliphatic heterocycles. The first-order chi connectivity index (χ1) is 14.5. The number of rotatable bonds is 4. The smallest absolute Gasteiger partial charge is 0.255 e. The van der Waals surface area contributed by atoms with E-state index in [0.29, 0.717) is 29.9 Å². The monoisotopic (exact) mass is 422 g/mol. The van der Waals surface area contributed by atoms with Crippen LogP contribution in [0.3, 0.4) is 0 Å². The van der Waals surface area contributed by atoms with Crippen molar-refractivity contribution in [2.24, 2.45) is 0 Å². The lowest BCUT2D eigenvalue weighted by Gasteiger charge is -2.21. The van der Waals surface area contributed by atoms with Gasteiger partial charge in [0.1, 0.15) is 0 Å². The first-order valence-electron chi connectivity index (χ1n) is 10.4. The molecule has 1 N–H and O–H groups in total. The molecule has 0 unspecified atom stereocenters. The zero-order valence-corrected chi connectivity index (χ0v) is 17.9. The van der Waals surface area contributed by atoms with Crippen LogP contribution in [0, 0.1) is 6.92 Å². The minimum Gasteiger partial charge on any atom is -0.321 e. The molecule has 156 valence electrons. The number of fused-ring (bicyclic) bond motifs is 1.